The maximum absolute atomic E-state index is 10.3. The highest BCUT2D eigenvalue weighted by molar-refractivity contribution is 5.94. The van der Waals surface area contributed by atoms with Gasteiger partial charge >= 0.3 is 0 Å². The zero-order chi connectivity index (χ0) is 14.4. The van der Waals surface area contributed by atoms with E-state index in [0.29, 0.717) is 5.75 Å². The molecule has 0 saturated carbocycles. The second kappa shape index (κ2) is 6.38. The Morgan fingerprint density at radius 3 is 2.10 bits per heavy atom. The van der Waals surface area contributed by atoms with Crippen molar-refractivity contribution in [2.75, 3.05) is 0 Å². The van der Waals surface area contributed by atoms with Crippen LogP contribution in [0.1, 0.15) is 0 Å². The molecule has 0 aliphatic heterocycles. The van der Waals surface area contributed by atoms with Crippen LogP contribution in [0.5, 0.6) is 5.75 Å². The van der Waals surface area contributed by atoms with E-state index in [-0.39, 0.29) is 6.47 Å². The van der Waals surface area contributed by atoms with E-state index >= 15 is 0 Å². The van der Waals surface area contributed by atoms with Gasteiger partial charge in [-0.05, 0) is 10.9 Å². The maximum Gasteiger partial charge on any atom is 0.290 e. The molecule has 0 fully saturated rings. The SMILES string of the molecule is O=CO.Oc1c(-c2ccccc2)ccc2ccccc12. The second-order valence-electron chi connectivity index (χ2n) is 4.15. The summed E-state index contributed by atoms with van der Waals surface area (Å²) in [7, 11) is 0. The summed E-state index contributed by atoms with van der Waals surface area (Å²) in [6.45, 7) is -0.250. The van der Waals surface area contributed by atoms with E-state index in [1.807, 2.05) is 66.7 Å². The van der Waals surface area contributed by atoms with Gasteiger partial charge in [0.15, 0.2) is 0 Å². The van der Waals surface area contributed by atoms with Crippen LogP contribution in [0.3, 0.4) is 0 Å². The third kappa shape index (κ3) is 2.78. The molecule has 0 aromatic heterocycles. The lowest BCUT2D eigenvalue weighted by molar-refractivity contribution is -0.122. The average molecular weight is 266 g/mol. The summed E-state index contributed by atoms with van der Waals surface area (Å²) in [4.78, 5) is 8.36. The summed E-state index contributed by atoms with van der Waals surface area (Å²) in [6.07, 6.45) is 0. The zero-order valence-electron chi connectivity index (χ0n) is 10.7. The molecule has 3 aromatic carbocycles. The van der Waals surface area contributed by atoms with Crippen molar-refractivity contribution in [3.8, 4) is 16.9 Å². The standard InChI is InChI=1S/C16H12O.CH2O2/c17-16-14-9-5-4-8-13(14)10-11-15(16)12-6-2-1-3-7-12;2-1-3/h1-11,17H;1H,(H,2,3). The minimum Gasteiger partial charge on any atom is -0.507 e. The Hall–Kier alpha value is -2.81. The van der Waals surface area contributed by atoms with Crippen molar-refractivity contribution in [3.63, 3.8) is 0 Å². The van der Waals surface area contributed by atoms with Gasteiger partial charge in [-0.3, -0.25) is 4.79 Å². The smallest absolute Gasteiger partial charge is 0.290 e. The fraction of sp³-hybridized carbons (Fsp3) is 0. The van der Waals surface area contributed by atoms with Crippen LogP contribution in [0.25, 0.3) is 21.9 Å². The third-order valence-electron chi connectivity index (χ3n) is 2.99. The quantitative estimate of drug-likeness (QED) is 0.656. The van der Waals surface area contributed by atoms with Crippen molar-refractivity contribution < 1.29 is 15.0 Å². The van der Waals surface area contributed by atoms with Crippen LogP contribution in [0, 0.1) is 0 Å². The van der Waals surface area contributed by atoms with Gasteiger partial charge in [0.05, 0.1) is 0 Å². The van der Waals surface area contributed by atoms with Crippen LogP contribution in [-0.2, 0) is 4.79 Å². The van der Waals surface area contributed by atoms with Crippen LogP contribution in [0.2, 0.25) is 0 Å². The van der Waals surface area contributed by atoms with Gasteiger partial charge in [0.2, 0.25) is 0 Å². The second-order valence-corrected chi connectivity index (χ2v) is 4.15. The Balaban J connectivity index is 0.000000452. The van der Waals surface area contributed by atoms with Gasteiger partial charge < -0.3 is 10.2 Å². The Morgan fingerprint density at radius 2 is 1.40 bits per heavy atom. The minimum atomic E-state index is -0.250. The lowest BCUT2D eigenvalue weighted by atomic mass is 10.00. The number of hydrogen-bond acceptors (Lipinski definition) is 2. The molecule has 0 aliphatic carbocycles. The Morgan fingerprint density at radius 1 is 0.800 bits per heavy atom. The molecule has 0 amide bonds. The first-order valence-electron chi connectivity index (χ1n) is 6.12. The lowest BCUT2D eigenvalue weighted by Gasteiger charge is -2.07. The molecule has 0 heterocycles. The van der Waals surface area contributed by atoms with Crippen LogP contribution < -0.4 is 0 Å². The highest BCUT2D eigenvalue weighted by Crippen LogP contribution is 2.35. The number of fused-ring (bicyclic) bond motifs is 1. The monoisotopic (exact) mass is 266 g/mol. The van der Waals surface area contributed by atoms with Gasteiger partial charge in [0.1, 0.15) is 5.75 Å². The van der Waals surface area contributed by atoms with Crippen LogP contribution in [0.15, 0.2) is 66.7 Å². The molecule has 3 heteroatoms. The molecule has 100 valence electrons. The summed E-state index contributed by atoms with van der Waals surface area (Å²) >= 11 is 0. The molecule has 3 nitrogen and oxygen atoms in total. The number of benzene rings is 3. The molecule has 3 aromatic rings. The molecule has 2 N–H and O–H groups in total. The molecule has 3 rings (SSSR count). The van der Waals surface area contributed by atoms with Gasteiger partial charge in [0.25, 0.3) is 6.47 Å². The van der Waals surface area contributed by atoms with Gasteiger partial charge in [-0.2, -0.15) is 0 Å². The first kappa shape index (κ1) is 13.6. The Kier molecular flexibility index (Phi) is 4.35. The lowest BCUT2D eigenvalue weighted by Crippen LogP contribution is -1.80. The molecule has 0 saturated heterocycles. The van der Waals surface area contributed by atoms with Crippen LogP contribution in [-0.4, -0.2) is 16.7 Å². The largest absolute Gasteiger partial charge is 0.507 e. The topological polar surface area (TPSA) is 57.5 Å². The van der Waals surface area contributed by atoms with Gasteiger partial charge in [-0.1, -0.05) is 66.7 Å². The van der Waals surface area contributed by atoms with Crippen molar-refractivity contribution in [1.82, 2.24) is 0 Å². The number of hydrogen-bond donors (Lipinski definition) is 2. The van der Waals surface area contributed by atoms with Crippen molar-refractivity contribution in [2.24, 2.45) is 0 Å². The van der Waals surface area contributed by atoms with E-state index in [1.54, 1.807) is 0 Å². The van der Waals surface area contributed by atoms with E-state index in [2.05, 4.69) is 0 Å². The first-order valence-corrected chi connectivity index (χ1v) is 6.12. The van der Waals surface area contributed by atoms with E-state index < -0.39 is 0 Å². The maximum atomic E-state index is 10.3. The summed E-state index contributed by atoms with van der Waals surface area (Å²) in [5.74, 6) is 0.356. The van der Waals surface area contributed by atoms with Gasteiger partial charge in [-0.15, -0.1) is 0 Å². The molecular formula is C17H14O3. The number of phenolic OH excluding ortho intramolecular Hbond substituents is 1. The molecule has 0 atom stereocenters. The fourth-order valence-corrected chi connectivity index (χ4v) is 2.11. The van der Waals surface area contributed by atoms with Gasteiger partial charge in [-0.25, -0.2) is 0 Å². The fourth-order valence-electron chi connectivity index (χ4n) is 2.11. The normalized spacial score (nSPS) is 9.60. The number of phenols is 1. The molecule has 0 unspecified atom stereocenters. The molecule has 0 aliphatic rings. The van der Waals surface area contributed by atoms with E-state index in [9.17, 15) is 5.11 Å². The zero-order valence-corrected chi connectivity index (χ0v) is 10.7. The Labute approximate surface area is 116 Å². The third-order valence-corrected chi connectivity index (χ3v) is 2.99. The molecule has 0 radical (unpaired) electrons. The van der Waals surface area contributed by atoms with Crippen molar-refractivity contribution in [3.05, 3.63) is 66.7 Å². The predicted octanol–water partition coefficient (Wildman–Crippen LogP) is 3.91. The number of rotatable bonds is 1. The molecule has 20 heavy (non-hydrogen) atoms. The summed E-state index contributed by atoms with van der Waals surface area (Å²) in [6, 6.07) is 21.8. The van der Waals surface area contributed by atoms with Crippen LogP contribution in [0.4, 0.5) is 0 Å². The average Bonchev–Trinajstić information content (AvgIpc) is 2.50. The van der Waals surface area contributed by atoms with E-state index in [4.69, 9.17) is 9.90 Å². The van der Waals surface area contributed by atoms with E-state index in [0.717, 1.165) is 21.9 Å². The number of carbonyl (C=O) groups is 1. The summed E-state index contributed by atoms with van der Waals surface area (Å²) in [5.41, 5.74) is 1.92. The molecule has 0 bridgehead atoms. The number of aromatic hydroxyl groups is 1. The summed E-state index contributed by atoms with van der Waals surface area (Å²) < 4.78 is 0. The molecule has 0 spiro atoms. The summed E-state index contributed by atoms with van der Waals surface area (Å²) in [5, 5.41) is 19.1. The first-order chi connectivity index (χ1) is 9.77. The highest BCUT2D eigenvalue weighted by atomic mass is 16.3. The Bertz CT molecular complexity index is 706. The van der Waals surface area contributed by atoms with Crippen LogP contribution >= 0.6 is 0 Å². The number of carboxylic acid groups (broad SMARTS) is 1. The highest BCUT2D eigenvalue weighted by Gasteiger charge is 2.07. The van der Waals surface area contributed by atoms with Crippen molar-refractivity contribution in [2.45, 2.75) is 0 Å². The van der Waals surface area contributed by atoms with E-state index in [1.165, 1.54) is 0 Å². The molecular weight excluding hydrogens is 252 g/mol. The minimum absolute atomic E-state index is 0.250. The van der Waals surface area contributed by atoms with Crippen molar-refractivity contribution in [1.29, 1.82) is 0 Å². The van der Waals surface area contributed by atoms with Gasteiger partial charge in [0, 0.05) is 10.9 Å². The predicted molar refractivity (Wildman–Crippen MR) is 79.7 cm³/mol. The van der Waals surface area contributed by atoms with Crippen molar-refractivity contribution >= 4 is 17.2 Å².